The monoisotopic (exact) mass is 239 g/mol. The summed E-state index contributed by atoms with van der Waals surface area (Å²) in [5.74, 6) is -11.1. The van der Waals surface area contributed by atoms with Crippen LogP contribution in [-0.4, -0.2) is 6.03 Å². The van der Waals surface area contributed by atoms with E-state index in [1.54, 1.807) is 0 Å². The Hall–Kier alpha value is -2.06. The quantitative estimate of drug-likeness (QED) is 0.348. The zero-order chi connectivity index (χ0) is 12.5. The van der Waals surface area contributed by atoms with E-state index in [9.17, 15) is 26.7 Å². The van der Waals surface area contributed by atoms with Crippen LogP contribution < -0.4 is 5.73 Å². The van der Waals surface area contributed by atoms with Crippen LogP contribution in [0, 0.1) is 29.1 Å². The smallest absolute Gasteiger partial charge is 0.348 e. The summed E-state index contributed by atoms with van der Waals surface area (Å²) < 4.78 is 63.3. The van der Waals surface area contributed by atoms with Crippen LogP contribution in [0.5, 0.6) is 0 Å². The van der Waals surface area contributed by atoms with E-state index in [-0.39, 0.29) is 0 Å². The maximum atomic E-state index is 12.8. The first-order chi connectivity index (χ1) is 7.36. The normalized spacial score (nSPS) is 11.1. The van der Waals surface area contributed by atoms with E-state index in [0.29, 0.717) is 0 Å². The van der Waals surface area contributed by atoms with Crippen LogP contribution in [0.2, 0.25) is 0 Å². The summed E-state index contributed by atoms with van der Waals surface area (Å²) in [6.07, 6.45) is 0. The number of benzene rings is 1. The lowest BCUT2D eigenvalue weighted by molar-refractivity contribution is 0.255. The maximum Gasteiger partial charge on any atom is 0.356 e. The fraction of sp³-hybridized carbons (Fsp3) is 0. The molecule has 1 aromatic carbocycles. The highest BCUT2D eigenvalue weighted by atomic mass is 19.2. The van der Waals surface area contributed by atoms with Crippen molar-refractivity contribution in [3.8, 4) is 0 Å². The number of rotatable bonds is 1. The van der Waals surface area contributed by atoms with Crippen molar-refractivity contribution >= 4 is 11.7 Å². The third-order valence-corrected chi connectivity index (χ3v) is 1.44. The number of hydrogen-bond acceptors (Lipinski definition) is 2. The van der Waals surface area contributed by atoms with Gasteiger partial charge in [0.05, 0.1) is 0 Å². The van der Waals surface area contributed by atoms with Crippen LogP contribution in [0.4, 0.5) is 32.4 Å². The molecule has 0 atom stereocenters. The third-order valence-electron chi connectivity index (χ3n) is 1.44. The fourth-order valence-corrected chi connectivity index (χ4v) is 0.780. The average molecular weight is 239 g/mol. The molecule has 0 aliphatic carbocycles. The largest absolute Gasteiger partial charge is 0.356 e. The molecule has 0 radical (unpaired) electrons. The molecule has 0 saturated carbocycles. The molecule has 86 valence electrons. The first-order valence-electron chi connectivity index (χ1n) is 3.58. The second-order valence-corrected chi connectivity index (χ2v) is 2.46. The highest BCUT2D eigenvalue weighted by molar-refractivity contribution is 5.72. The van der Waals surface area contributed by atoms with Crippen LogP contribution in [0.15, 0.2) is 10.2 Å². The molecule has 1 rings (SSSR count). The van der Waals surface area contributed by atoms with Gasteiger partial charge in [-0.3, -0.25) is 0 Å². The van der Waals surface area contributed by atoms with Crippen molar-refractivity contribution in [1.82, 2.24) is 0 Å². The van der Waals surface area contributed by atoms with Crippen molar-refractivity contribution in [2.24, 2.45) is 16.0 Å². The van der Waals surface area contributed by atoms with E-state index in [1.165, 1.54) is 0 Å². The number of amides is 2. The number of azo groups is 1. The lowest BCUT2D eigenvalue weighted by Crippen LogP contribution is -2.03. The van der Waals surface area contributed by atoms with Gasteiger partial charge in [0, 0.05) is 0 Å². The van der Waals surface area contributed by atoms with Gasteiger partial charge < -0.3 is 5.73 Å². The summed E-state index contributed by atoms with van der Waals surface area (Å²) in [6.45, 7) is 0. The summed E-state index contributed by atoms with van der Waals surface area (Å²) in [7, 11) is 0. The molecule has 2 amide bonds. The molecule has 0 aliphatic rings. The van der Waals surface area contributed by atoms with E-state index in [2.05, 4.69) is 16.0 Å². The Morgan fingerprint density at radius 2 is 1.25 bits per heavy atom. The fourth-order valence-electron chi connectivity index (χ4n) is 0.780. The molecule has 1 aromatic rings. The number of halogens is 5. The van der Waals surface area contributed by atoms with Gasteiger partial charge >= 0.3 is 6.03 Å². The van der Waals surface area contributed by atoms with E-state index in [4.69, 9.17) is 0 Å². The molecule has 0 aromatic heterocycles. The number of carbonyl (C=O) groups is 1. The average Bonchev–Trinajstić information content (AvgIpc) is 2.23. The molecule has 9 heteroatoms. The number of nitrogens with two attached hydrogens (primary N) is 1. The Labute approximate surface area is 84.6 Å². The van der Waals surface area contributed by atoms with Crippen LogP contribution in [0.1, 0.15) is 0 Å². The molecule has 0 unspecified atom stereocenters. The molecule has 0 heterocycles. The van der Waals surface area contributed by atoms with E-state index in [0.717, 1.165) is 0 Å². The van der Waals surface area contributed by atoms with E-state index in [1.807, 2.05) is 0 Å². The van der Waals surface area contributed by atoms with Gasteiger partial charge in [0.2, 0.25) is 5.82 Å². The lowest BCUT2D eigenvalue weighted by atomic mass is 10.2. The Morgan fingerprint density at radius 1 is 0.875 bits per heavy atom. The highest BCUT2D eigenvalue weighted by Gasteiger charge is 2.25. The Kier molecular flexibility index (Phi) is 3.16. The molecule has 4 nitrogen and oxygen atoms in total. The molecule has 16 heavy (non-hydrogen) atoms. The van der Waals surface area contributed by atoms with Gasteiger partial charge in [-0.2, -0.15) is 0 Å². The van der Waals surface area contributed by atoms with Crippen molar-refractivity contribution in [2.75, 3.05) is 0 Å². The first-order valence-corrected chi connectivity index (χ1v) is 3.58. The topological polar surface area (TPSA) is 67.8 Å². The predicted octanol–water partition coefficient (Wildman–Crippen LogP) is 2.54. The Balaban J connectivity index is 3.45. The van der Waals surface area contributed by atoms with Crippen LogP contribution >= 0.6 is 0 Å². The van der Waals surface area contributed by atoms with Crippen LogP contribution in [0.3, 0.4) is 0 Å². The molecule has 2 N–H and O–H groups in total. The van der Waals surface area contributed by atoms with Gasteiger partial charge in [0.1, 0.15) is 0 Å². The van der Waals surface area contributed by atoms with E-state index >= 15 is 0 Å². The van der Waals surface area contributed by atoms with Crippen molar-refractivity contribution < 1.29 is 26.7 Å². The third kappa shape index (κ3) is 1.97. The molecular formula is C7H2F5N3O. The van der Waals surface area contributed by atoms with Crippen molar-refractivity contribution in [1.29, 1.82) is 0 Å². The molecule has 0 aliphatic heterocycles. The van der Waals surface area contributed by atoms with Gasteiger partial charge in [0.15, 0.2) is 29.0 Å². The summed E-state index contributed by atoms with van der Waals surface area (Å²) in [4.78, 5) is 10.1. The van der Waals surface area contributed by atoms with Crippen molar-refractivity contribution in [3.63, 3.8) is 0 Å². The molecule has 0 bridgehead atoms. The first kappa shape index (κ1) is 12.0. The van der Waals surface area contributed by atoms with Gasteiger partial charge in [-0.15, -0.1) is 5.11 Å². The molecule has 0 spiro atoms. The minimum atomic E-state index is -2.33. The minimum Gasteiger partial charge on any atom is -0.348 e. The number of urea groups is 1. The SMILES string of the molecule is NC(=O)N=Nc1c(F)c(F)c(F)c(F)c1F. The summed E-state index contributed by atoms with van der Waals surface area (Å²) >= 11 is 0. The molecular weight excluding hydrogens is 237 g/mol. The Morgan fingerprint density at radius 3 is 1.62 bits per heavy atom. The lowest BCUT2D eigenvalue weighted by Gasteiger charge is -2.01. The van der Waals surface area contributed by atoms with Crippen LogP contribution in [0.25, 0.3) is 0 Å². The maximum absolute atomic E-state index is 12.8. The van der Waals surface area contributed by atoms with Gasteiger partial charge in [0.25, 0.3) is 0 Å². The van der Waals surface area contributed by atoms with Crippen molar-refractivity contribution in [2.45, 2.75) is 0 Å². The van der Waals surface area contributed by atoms with E-state index < -0.39 is 40.8 Å². The number of nitrogens with zero attached hydrogens (tertiary/aromatic N) is 2. The number of carbonyl (C=O) groups excluding carboxylic acids is 1. The zero-order valence-electron chi connectivity index (χ0n) is 7.27. The zero-order valence-corrected chi connectivity index (χ0v) is 7.27. The summed E-state index contributed by atoms with van der Waals surface area (Å²) in [5.41, 5.74) is 2.87. The van der Waals surface area contributed by atoms with Crippen LogP contribution in [-0.2, 0) is 0 Å². The Bertz CT molecular complexity index is 458. The van der Waals surface area contributed by atoms with Gasteiger partial charge in [-0.1, -0.05) is 5.11 Å². The second kappa shape index (κ2) is 4.21. The number of primary amides is 1. The number of hydrogen-bond donors (Lipinski definition) is 1. The van der Waals surface area contributed by atoms with Gasteiger partial charge in [-0.05, 0) is 0 Å². The summed E-state index contributed by atoms with van der Waals surface area (Å²) in [6, 6.07) is -1.44. The molecule has 0 saturated heterocycles. The minimum absolute atomic E-state index is 1.44. The van der Waals surface area contributed by atoms with Gasteiger partial charge in [-0.25, -0.2) is 26.7 Å². The standard InChI is InChI=1S/C7H2F5N3O/c8-1-2(9)4(11)6(5(12)3(1)10)14-15-7(13)16/h(H2,13,16). The van der Waals surface area contributed by atoms with Crippen molar-refractivity contribution in [3.05, 3.63) is 29.1 Å². The second-order valence-electron chi connectivity index (χ2n) is 2.46. The summed E-state index contributed by atoms with van der Waals surface area (Å²) in [5, 5.41) is 4.98. The predicted molar refractivity (Wildman–Crippen MR) is 40.3 cm³/mol. The molecule has 0 fully saturated rings. The highest BCUT2D eigenvalue weighted by Crippen LogP contribution is 2.29.